The molecule has 6 nitrogen and oxygen atoms in total. The van der Waals surface area contributed by atoms with Gasteiger partial charge >= 0.3 is 0 Å². The van der Waals surface area contributed by atoms with Gasteiger partial charge in [0.15, 0.2) is 5.60 Å². The van der Waals surface area contributed by atoms with Crippen LogP contribution in [-0.4, -0.2) is 41.1 Å². The van der Waals surface area contributed by atoms with Crippen LogP contribution in [0.2, 0.25) is 0 Å². The van der Waals surface area contributed by atoms with Gasteiger partial charge in [0.1, 0.15) is 5.71 Å². The van der Waals surface area contributed by atoms with Crippen LogP contribution in [0.25, 0.3) is 0 Å². The van der Waals surface area contributed by atoms with Crippen molar-refractivity contribution in [1.29, 1.82) is 0 Å². The minimum atomic E-state index is -0.589. The Balaban J connectivity index is 1.37. The molecular weight excluding hydrogens is 354 g/mol. The summed E-state index contributed by atoms with van der Waals surface area (Å²) in [6, 6.07) is 19.0. The number of carbonyl (C=O) groups excluding carboxylic acids is 2. The highest BCUT2D eigenvalue weighted by Crippen LogP contribution is 2.34. The SMILES string of the molecule is O=C(Nc1ccccc1)C1=NO[C@]2(CCCN(C(=O)Cc3ccccc3)C2)C1. The summed E-state index contributed by atoms with van der Waals surface area (Å²) in [6.07, 6.45) is 2.41. The van der Waals surface area contributed by atoms with Crippen LogP contribution in [0, 0.1) is 0 Å². The number of hydrogen-bond donors (Lipinski definition) is 1. The number of amides is 2. The molecule has 0 aliphatic carbocycles. The van der Waals surface area contributed by atoms with E-state index in [0.717, 1.165) is 24.1 Å². The van der Waals surface area contributed by atoms with Crippen molar-refractivity contribution in [3.05, 3.63) is 66.2 Å². The summed E-state index contributed by atoms with van der Waals surface area (Å²) in [4.78, 5) is 32.8. The summed E-state index contributed by atoms with van der Waals surface area (Å²) in [7, 11) is 0. The topological polar surface area (TPSA) is 71.0 Å². The molecule has 2 aromatic carbocycles. The number of benzene rings is 2. The van der Waals surface area contributed by atoms with E-state index in [1.807, 2.05) is 65.6 Å². The van der Waals surface area contributed by atoms with Crippen molar-refractivity contribution in [3.8, 4) is 0 Å². The molecule has 2 aliphatic heterocycles. The molecule has 0 aromatic heterocycles. The van der Waals surface area contributed by atoms with Gasteiger partial charge in [-0.1, -0.05) is 53.7 Å². The fraction of sp³-hybridized carbons (Fsp3) is 0.318. The predicted molar refractivity (Wildman–Crippen MR) is 107 cm³/mol. The van der Waals surface area contributed by atoms with E-state index in [-0.39, 0.29) is 11.8 Å². The van der Waals surface area contributed by atoms with Gasteiger partial charge < -0.3 is 15.1 Å². The summed E-state index contributed by atoms with van der Waals surface area (Å²) in [5, 5.41) is 6.90. The molecule has 1 atom stereocenters. The van der Waals surface area contributed by atoms with E-state index >= 15 is 0 Å². The number of anilines is 1. The van der Waals surface area contributed by atoms with Gasteiger partial charge in [0, 0.05) is 18.7 Å². The highest BCUT2D eigenvalue weighted by atomic mass is 16.7. The molecule has 144 valence electrons. The Labute approximate surface area is 164 Å². The van der Waals surface area contributed by atoms with Crippen LogP contribution in [0.5, 0.6) is 0 Å². The van der Waals surface area contributed by atoms with Crippen molar-refractivity contribution in [2.75, 3.05) is 18.4 Å². The molecule has 1 N–H and O–H groups in total. The number of nitrogens with zero attached hydrogens (tertiary/aromatic N) is 2. The highest BCUT2D eigenvalue weighted by Gasteiger charge is 2.45. The average Bonchev–Trinajstić information content (AvgIpc) is 3.13. The molecule has 0 saturated carbocycles. The quantitative estimate of drug-likeness (QED) is 0.890. The van der Waals surface area contributed by atoms with Crippen molar-refractivity contribution in [1.82, 2.24) is 4.90 Å². The largest absolute Gasteiger partial charge is 0.386 e. The maximum Gasteiger partial charge on any atom is 0.273 e. The van der Waals surface area contributed by atoms with E-state index in [0.29, 0.717) is 31.6 Å². The van der Waals surface area contributed by atoms with Crippen LogP contribution in [0.15, 0.2) is 65.8 Å². The third-order valence-electron chi connectivity index (χ3n) is 5.22. The first kappa shape index (κ1) is 18.2. The fourth-order valence-electron chi connectivity index (χ4n) is 3.78. The molecule has 0 bridgehead atoms. The number of carbonyl (C=O) groups is 2. The zero-order chi connectivity index (χ0) is 19.4. The van der Waals surface area contributed by atoms with Gasteiger partial charge in [-0.25, -0.2) is 0 Å². The third kappa shape index (κ3) is 4.06. The van der Waals surface area contributed by atoms with E-state index in [1.165, 1.54) is 0 Å². The Morgan fingerprint density at radius 1 is 1.07 bits per heavy atom. The number of nitrogens with one attached hydrogen (secondary N) is 1. The van der Waals surface area contributed by atoms with Crippen molar-refractivity contribution < 1.29 is 14.4 Å². The average molecular weight is 377 g/mol. The van der Waals surface area contributed by atoms with Gasteiger partial charge in [0.25, 0.3) is 5.91 Å². The minimum Gasteiger partial charge on any atom is -0.386 e. The number of hydrogen-bond acceptors (Lipinski definition) is 4. The zero-order valence-corrected chi connectivity index (χ0v) is 15.6. The lowest BCUT2D eigenvalue weighted by Gasteiger charge is -2.38. The van der Waals surface area contributed by atoms with Crippen molar-refractivity contribution in [3.63, 3.8) is 0 Å². The van der Waals surface area contributed by atoms with Crippen molar-refractivity contribution in [2.45, 2.75) is 31.3 Å². The molecule has 1 spiro atoms. The van der Waals surface area contributed by atoms with Gasteiger partial charge in [-0.3, -0.25) is 9.59 Å². The molecule has 2 aromatic rings. The Bertz CT molecular complexity index is 882. The van der Waals surface area contributed by atoms with Crippen molar-refractivity contribution in [2.24, 2.45) is 5.16 Å². The summed E-state index contributed by atoms with van der Waals surface area (Å²) in [5.74, 6) is -0.174. The van der Waals surface area contributed by atoms with Crippen molar-refractivity contribution >= 4 is 23.2 Å². The van der Waals surface area contributed by atoms with Gasteiger partial charge in [-0.15, -0.1) is 0 Å². The first-order valence-electron chi connectivity index (χ1n) is 9.57. The number of piperidine rings is 1. The lowest BCUT2D eigenvalue weighted by Crippen LogP contribution is -2.51. The molecule has 0 radical (unpaired) electrons. The van der Waals surface area contributed by atoms with Gasteiger partial charge in [0.2, 0.25) is 5.91 Å². The first-order chi connectivity index (χ1) is 13.6. The molecule has 6 heteroatoms. The van der Waals surface area contributed by atoms with Gasteiger partial charge in [-0.05, 0) is 30.5 Å². The van der Waals surface area contributed by atoms with Crippen LogP contribution in [0.4, 0.5) is 5.69 Å². The summed E-state index contributed by atoms with van der Waals surface area (Å²) < 4.78 is 0. The first-order valence-corrected chi connectivity index (χ1v) is 9.57. The zero-order valence-electron chi connectivity index (χ0n) is 15.6. The Hall–Kier alpha value is -3.15. The molecule has 0 unspecified atom stereocenters. The van der Waals surface area contributed by atoms with E-state index in [1.54, 1.807) is 0 Å². The molecule has 28 heavy (non-hydrogen) atoms. The lowest BCUT2D eigenvalue weighted by atomic mass is 9.87. The van der Waals surface area contributed by atoms with Crippen LogP contribution >= 0.6 is 0 Å². The molecule has 2 aliphatic rings. The number of rotatable bonds is 4. The van der Waals surface area contributed by atoms with Crippen LogP contribution < -0.4 is 5.32 Å². The molecule has 2 heterocycles. The van der Waals surface area contributed by atoms with E-state index in [4.69, 9.17) is 4.84 Å². The van der Waals surface area contributed by atoms with E-state index < -0.39 is 5.60 Å². The predicted octanol–water partition coefficient (Wildman–Crippen LogP) is 3.01. The minimum absolute atomic E-state index is 0.0797. The van der Waals surface area contributed by atoms with E-state index in [9.17, 15) is 9.59 Å². The van der Waals surface area contributed by atoms with Gasteiger partial charge in [-0.2, -0.15) is 0 Å². The van der Waals surface area contributed by atoms with E-state index in [2.05, 4.69) is 10.5 Å². The van der Waals surface area contributed by atoms with Crippen LogP contribution in [-0.2, 0) is 20.8 Å². The number of para-hydroxylation sites is 1. The molecule has 2 amide bonds. The number of likely N-dealkylation sites (tertiary alicyclic amines) is 1. The standard InChI is InChI=1S/C22H23N3O3/c26-20(14-17-8-3-1-4-9-17)25-13-7-12-22(16-25)15-19(24-28-22)21(27)23-18-10-5-2-6-11-18/h1-6,8-11H,7,12-16H2,(H,23,27)/t22-/m1/s1. The maximum absolute atomic E-state index is 12.7. The molecular formula is C22H23N3O3. The second-order valence-corrected chi connectivity index (χ2v) is 7.39. The third-order valence-corrected chi connectivity index (χ3v) is 5.22. The van der Waals surface area contributed by atoms with Crippen LogP contribution in [0.1, 0.15) is 24.8 Å². The lowest BCUT2D eigenvalue weighted by molar-refractivity contribution is -0.139. The fourth-order valence-corrected chi connectivity index (χ4v) is 3.78. The molecule has 4 rings (SSSR count). The molecule has 1 saturated heterocycles. The highest BCUT2D eigenvalue weighted by molar-refractivity contribution is 6.43. The summed E-state index contributed by atoms with van der Waals surface area (Å²) >= 11 is 0. The maximum atomic E-state index is 12.7. The normalized spacial score (nSPS) is 21.1. The summed E-state index contributed by atoms with van der Waals surface area (Å²) in [5.41, 5.74) is 1.51. The second-order valence-electron chi connectivity index (χ2n) is 7.39. The van der Waals surface area contributed by atoms with Crippen LogP contribution in [0.3, 0.4) is 0 Å². The summed E-state index contributed by atoms with van der Waals surface area (Å²) in [6.45, 7) is 1.17. The Morgan fingerprint density at radius 2 is 1.79 bits per heavy atom. The Morgan fingerprint density at radius 3 is 2.54 bits per heavy atom. The second kappa shape index (κ2) is 7.84. The van der Waals surface area contributed by atoms with Gasteiger partial charge in [0.05, 0.1) is 13.0 Å². The smallest absolute Gasteiger partial charge is 0.273 e. The Kier molecular flexibility index (Phi) is 5.10. The monoisotopic (exact) mass is 377 g/mol. The molecule has 1 fully saturated rings. The number of oxime groups is 1.